The number of nitrogens with zero attached hydrogens (tertiary/aromatic N) is 2. The van der Waals surface area contributed by atoms with E-state index in [0.717, 1.165) is 5.56 Å². The third kappa shape index (κ3) is 2.95. The molecule has 4 nitrogen and oxygen atoms in total. The fourth-order valence-electron chi connectivity index (χ4n) is 3.40. The van der Waals surface area contributed by atoms with Gasteiger partial charge in [-0.25, -0.2) is 0 Å². The van der Waals surface area contributed by atoms with Crippen LogP contribution < -0.4 is 4.90 Å². The SMILES string of the molecule is C=CC[C@H]1C(=O)N(C)c2ccccc2C(=O)N1[C@@H](C)c1ccccc1. The Kier molecular flexibility index (Phi) is 4.70. The molecule has 2 atom stereocenters. The van der Waals surface area contributed by atoms with Crippen molar-refractivity contribution in [1.29, 1.82) is 0 Å². The molecule has 128 valence electrons. The number of benzene rings is 2. The van der Waals surface area contributed by atoms with Gasteiger partial charge in [-0.3, -0.25) is 9.59 Å². The van der Waals surface area contributed by atoms with Crippen molar-refractivity contribution < 1.29 is 9.59 Å². The first-order valence-corrected chi connectivity index (χ1v) is 8.41. The molecule has 0 spiro atoms. The largest absolute Gasteiger partial charge is 0.319 e. The van der Waals surface area contributed by atoms with Gasteiger partial charge in [0.1, 0.15) is 6.04 Å². The van der Waals surface area contributed by atoms with Gasteiger partial charge in [0.25, 0.3) is 5.91 Å². The van der Waals surface area contributed by atoms with Crippen molar-refractivity contribution in [3.05, 3.63) is 78.4 Å². The van der Waals surface area contributed by atoms with E-state index in [1.165, 1.54) is 0 Å². The highest BCUT2D eigenvalue weighted by molar-refractivity contribution is 6.10. The van der Waals surface area contributed by atoms with Crippen LogP contribution in [-0.2, 0) is 4.79 Å². The zero-order valence-corrected chi connectivity index (χ0v) is 14.6. The number of fused-ring (bicyclic) bond motifs is 1. The van der Waals surface area contributed by atoms with Crippen LogP contribution in [0.1, 0.15) is 35.3 Å². The molecule has 2 aromatic carbocycles. The van der Waals surface area contributed by atoms with Crippen molar-refractivity contribution in [3.63, 3.8) is 0 Å². The summed E-state index contributed by atoms with van der Waals surface area (Å²) in [7, 11) is 1.72. The number of rotatable bonds is 4. The molecule has 0 radical (unpaired) electrons. The average Bonchev–Trinajstić information content (AvgIpc) is 2.73. The summed E-state index contributed by atoms with van der Waals surface area (Å²) in [5.74, 6) is -0.225. The summed E-state index contributed by atoms with van der Waals surface area (Å²) in [5.41, 5.74) is 2.20. The first-order chi connectivity index (χ1) is 12.1. The number of likely N-dealkylation sites (N-methyl/N-ethyl adjacent to an activating group) is 1. The molecule has 0 aliphatic carbocycles. The molecular formula is C21H22N2O2. The van der Waals surface area contributed by atoms with E-state index in [1.54, 1.807) is 29.0 Å². The van der Waals surface area contributed by atoms with Crippen molar-refractivity contribution in [2.45, 2.75) is 25.4 Å². The molecule has 1 aliphatic rings. The summed E-state index contributed by atoms with van der Waals surface area (Å²) in [6.45, 7) is 5.74. The molecule has 4 heteroatoms. The Hall–Kier alpha value is -2.88. The normalized spacial score (nSPS) is 18.6. The molecule has 25 heavy (non-hydrogen) atoms. The van der Waals surface area contributed by atoms with Crippen molar-refractivity contribution >= 4 is 17.5 Å². The Morgan fingerprint density at radius 3 is 2.40 bits per heavy atom. The van der Waals surface area contributed by atoms with E-state index in [0.29, 0.717) is 17.7 Å². The van der Waals surface area contributed by atoms with E-state index in [9.17, 15) is 9.59 Å². The molecule has 3 rings (SSSR count). The molecule has 0 bridgehead atoms. The molecule has 0 saturated carbocycles. The third-order valence-electron chi connectivity index (χ3n) is 4.77. The van der Waals surface area contributed by atoms with Gasteiger partial charge < -0.3 is 9.80 Å². The van der Waals surface area contributed by atoms with Crippen LogP contribution >= 0.6 is 0 Å². The number of amides is 2. The molecule has 1 aliphatic heterocycles. The first kappa shape index (κ1) is 17.0. The van der Waals surface area contributed by atoms with Crippen LogP contribution in [0.5, 0.6) is 0 Å². The minimum atomic E-state index is -0.572. The summed E-state index contributed by atoms with van der Waals surface area (Å²) in [6, 6.07) is 16.3. The van der Waals surface area contributed by atoms with Crippen molar-refractivity contribution in [2.24, 2.45) is 0 Å². The first-order valence-electron chi connectivity index (χ1n) is 8.41. The Labute approximate surface area is 148 Å². The van der Waals surface area contributed by atoms with Gasteiger partial charge in [0.05, 0.1) is 17.3 Å². The average molecular weight is 334 g/mol. The van der Waals surface area contributed by atoms with Crippen LogP contribution in [0, 0.1) is 0 Å². The number of carbonyl (C=O) groups is 2. The lowest BCUT2D eigenvalue weighted by molar-refractivity contribution is -0.123. The minimum Gasteiger partial charge on any atom is -0.319 e. The summed E-state index contributed by atoms with van der Waals surface area (Å²) in [4.78, 5) is 29.7. The van der Waals surface area contributed by atoms with Crippen LogP contribution in [0.3, 0.4) is 0 Å². The van der Waals surface area contributed by atoms with E-state index in [2.05, 4.69) is 6.58 Å². The highest BCUT2D eigenvalue weighted by Gasteiger charge is 2.39. The van der Waals surface area contributed by atoms with E-state index < -0.39 is 6.04 Å². The second kappa shape index (κ2) is 6.93. The minimum absolute atomic E-state index is 0.0963. The van der Waals surface area contributed by atoms with Crippen LogP contribution in [-0.4, -0.2) is 29.8 Å². The van der Waals surface area contributed by atoms with Crippen LogP contribution in [0.4, 0.5) is 5.69 Å². The topological polar surface area (TPSA) is 40.6 Å². The monoisotopic (exact) mass is 334 g/mol. The standard InChI is InChI=1S/C21H22N2O2/c1-4-10-19-21(25)22(3)18-14-9-8-13-17(18)20(24)23(19)15(2)16-11-6-5-7-12-16/h4-9,11-15,19H,1,10H2,2-3H3/t15-,19-/m0/s1. The maximum Gasteiger partial charge on any atom is 0.257 e. The van der Waals surface area contributed by atoms with E-state index in [1.807, 2.05) is 55.5 Å². The summed E-state index contributed by atoms with van der Waals surface area (Å²) in [5, 5.41) is 0. The molecule has 2 aromatic rings. The van der Waals surface area contributed by atoms with Crippen LogP contribution in [0.25, 0.3) is 0 Å². The number of para-hydroxylation sites is 1. The lowest BCUT2D eigenvalue weighted by Crippen LogP contribution is -2.48. The third-order valence-corrected chi connectivity index (χ3v) is 4.77. The molecule has 0 N–H and O–H groups in total. The molecule has 0 saturated heterocycles. The second-order valence-electron chi connectivity index (χ2n) is 6.25. The Bertz CT molecular complexity index is 801. The van der Waals surface area contributed by atoms with Gasteiger partial charge in [-0.2, -0.15) is 0 Å². The molecular weight excluding hydrogens is 312 g/mol. The van der Waals surface area contributed by atoms with E-state index >= 15 is 0 Å². The van der Waals surface area contributed by atoms with Crippen LogP contribution in [0.2, 0.25) is 0 Å². The summed E-state index contributed by atoms with van der Waals surface area (Å²) >= 11 is 0. The van der Waals surface area contributed by atoms with Gasteiger partial charge in [-0.15, -0.1) is 6.58 Å². The molecule has 0 fully saturated rings. The predicted molar refractivity (Wildman–Crippen MR) is 99.5 cm³/mol. The van der Waals surface area contributed by atoms with Gasteiger partial charge >= 0.3 is 0 Å². The maximum atomic E-state index is 13.3. The van der Waals surface area contributed by atoms with Gasteiger partial charge in [0, 0.05) is 7.05 Å². The molecule has 0 unspecified atom stereocenters. The number of anilines is 1. The number of hydrogen-bond donors (Lipinski definition) is 0. The summed E-state index contributed by atoms with van der Waals surface area (Å²) in [6.07, 6.45) is 2.12. The lowest BCUT2D eigenvalue weighted by atomic mass is 10.0. The molecule has 1 heterocycles. The van der Waals surface area contributed by atoms with Crippen molar-refractivity contribution in [1.82, 2.24) is 4.90 Å². The zero-order chi connectivity index (χ0) is 18.0. The van der Waals surface area contributed by atoms with Crippen molar-refractivity contribution in [2.75, 3.05) is 11.9 Å². The predicted octanol–water partition coefficient (Wildman–Crippen LogP) is 3.81. The molecule has 2 amide bonds. The fourth-order valence-corrected chi connectivity index (χ4v) is 3.40. The number of carbonyl (C=O) groups excluding carboxylic acids is 2. The zero-order valence-electron chi connectivity index (χ0n) is 14.6. The quantitative estimate of drug-likeness (QED) is 0.798. The van der Waals surface area contributed by atoms with E-state index in [-0.39, 0.29) is 17.9 Å². The van der Waals surface area contributed by atoms with Gasteiger partial charge in [0.15, 0.2) is 0 Å². The number of hydrogen-bond acceptors (Lipinski definition) is 2. The van der Waals surface area contributed by atoms with Gasteiger partial charge in [0.2, 0.25) is 5.91 Å². The molecule has 0 aromatic heterocycles. The Morgan fingerprint density at radius 1 is 1.08 bits per heavy atom. The van der Waals surface area contributed by atoms with E-state index in [4.69, 9.17) is 0 Å². The highest BCUT2D eigenvalue weighted by atomic mass is 16.2. The smallest absolute Gasteiger partial charge is 0.257 e. The van der Waals surface area contributed by atoms with Crippen molar-refractivity contribution in [3.8, 4) is 0 Å². The fraction of sp³-hybridized carbons (Fsp3) is 0.238. The lowest BCUT2D eigenvalue weighted by Gasteiger charge is -2.34. The summed E-state index contributed by atoms with van der Waals surface area (Å²) < 4.78 is 0. The maximum absolute atomic E-state index is 13.3. The van der Waals surface area contributed by atoms with Gasteiger partial charge in [-0.1, -0.05) is 48.5 Å². The Balaban J connectivity index is 2.14. The second-order valence-corrected chi connectivity index (χ2v) is 6.25. The van der Waals surface area contributed by atoms with Crippen LogP contribution in [0.15, 0.2) is 67.3 Å². The highest BCUT2D eigenvalue weighted by Crippen LogP contribution is 2.33. The Morgan fingerprint density at radius 2 is 1.72 bits per heavy atom. The van der Waals surface area contributed by atoms with Gasteiger partial charge in [-0.05, 0) is 31.0 Å².